The average molecular weight is 369 g/mol. The van der Waals surface area contributed by atoms with Crippen molar-refractivity contribution in [3.05, 3.63) is 58.8 Å². The first-order chi connectivity index (χ1) is 12.6. The number of esters is 1. The number of carbonyl (C=O) groups is 3. The zero-order valence-corrected chi connectivity index (χ0v) is 14.1. The van der Waals surface area contributed by atoms with Crippen molar-refractivity contribution in [3.8, 4) is 10.7 Å². The highest BCUT2D eigenvalue weighted by Gasteiger charge is 2.36. The Bertz CT molecular complexity index is 961. The number of carbonyl (C=O) groups excluding carboxylic acids is 3. The van der Waals surface area contributed by atoms with Crippen LogP contribution in [0, 0.1) is 0 Å². The Hall–Kier alpha value is -3.33. The van der Waals surface area contributed by atoms with Crippen molar-refractivity contribution in [2.24, 2.45) is 0 Å². The molecule has 0 fully saturated rings. The topological polar surface area (TPSA) is 103 Å². The van der Waals surface area contributed by atoms with Crippen molar-refractivity contribution >= 4 is 29.1 Å². The van der Waals surface area contributed by atoms with Gasteiger partial charge in [-0.25, -0.2) is 0 Å². The van der Waals surface area contributed by atoms with E-state index in [1.165, 1.54) is 11.3 Å². The van der Waals surface area contributed by atoms with Crippen LogP contribution in [-0.4, -0.2) is 39.4 Å². The van der Waals surface area contributed by atoms with Crippen LogP contribution in [-0.2, 0) is 16.1 Å². The van der Waals surface area contributed by atoms with Gasteiger partial charge in [0, 0.05) is 0 Å². The van der Waals surface area contributed by atoms with E-state index in [4.69, 9.17) is 9.26 Å². The molecule has 0 radical (unpaired) electrons. The Balaban J connectivity index is 1.37. The minimum absolute atomic E-state index is 0.129. The fraction of sp³-hybridized carbons (Fsp3) is 0.118. The molecule has 9 heteroatoms. The van der Waals surface area contributed by atoms with E-state index in [0.29, 0.717) is 5.82 Å². The zero-order valence-electron chi connectivity index (χ0n) is 13.2. The van der Waals surface area contributed by atoms with Crippen molar-refractivity contribution in [1.29, 1.82) is 0 Å². The number of hydrogen-bond acceptors (Lipinski definition) is 8. The maximum atomic E-state index is 12.2. The molecule has 8 nitrogen and oxygen atoms in total. The lowest BCUT2D eigenvalue weighted by Crippen LogP contribution is -2.35. The number of benzene rings is 1. The van der Waals surface area contributed by atoms with E-state index in [9.17, 15) is 14.4 Å². The minimum Gasteiger partial charge on any atom is -0.454 e. The second-order valence-corrected chi connectivity index (χ2v) is 6.34. The highest BCUT2D eigenvalue weighted by Crippen LogP contribution is 2.23. The smallest absolute Gasteiger partial charge is 0.326 e. The van der Waals surface area contributed by atoms with Gasteiger partial charge in [0.05, 0.1) is 16.0 Å². The minimum atomic E-state index is -0.740. The Morgan fingerprint density at radius 2 is 1.85 bits per heavy atom. The molecule has 0 atom stereocenters. The van der Waals surface area contributed by atoms with Crippen LogP contribution >= 0.6 is 11.3 Å². The van der Waals surface area contributed by atoms with Crippen LogP contribution in [0.15, 0.2) is 46.3 Å². The van der Waals surface area contributed by atoms with Gasteiger partial charge >= 0.3 is 5.97 Å². The summed E-state index contributed by atoms with van der Waals surface area (Å²) < 4.78 is 10.1. The van der Waals surface area contributed by atoms with E-state index >= 15 is 0 Å². The molecule has 0 saturated carbocycles. The molecule has 1 aromatic carbocycles. The van der Waals surface area contributed by atoms with E-state index in [2.05, 4.69) is 10.1 Å². The van der Waals surface area contributed by atoms with E-state index in [1.807, 2.05) is 17.5 Å². The summed E-state index contributed by atoms with van der Waals surface area (Å²) in [6.07, 6.45) is 0. The number of nitrogens with zero attached hydrogens (tertiary/aromatic N) is 3. The highest BCUT2D eigenvalue weighted by atomic mass is 32.1. The van der Waals surface area contributed by atoms with Crippen molar-refractivity contribution < 1.29 is 23.6 Å². The number of aromatic nitrogens is 2. The fourth-order valence-electron chi connectivity index (χ4n) is 2.52. The predicted molar refractivity (Wildman–Crippen MR) is 89.2 cm³/mol. The van der Waals surface area contributed by atoms with Crippen molar-refractivity contribution in [2.45, 2.75) is 6.61 Å². The van der Waals surface area contributed by atoms with Gasteiger partial charge in [0.25, 0.3) is 17.7 Å². The van der Waals surface area contributed by atoms with Crippen molar-refractivity contribution in [2.75, 3.05) is 6.54 Å². The molecule has 0 saturated heterocycles. The Morgan fingerprint density at radius 1 is 1.12 bits per heavy atom. The van der Waals surface area contributed by atoms with Crippen LogP contribution in [0.4, 0.5) is 0 Å². The zero-order chi connectivity index (χ0) is 18.1. The summed E-state index contributed by atoms with van der Waals surface area (Å²) in [5.74, 6) is -1.23. The van der Waals surface area contributed by atoms with Gasteiger partial charge in [-0.05, 0) is 23.6 Å². The Morgan fingerprint density at radius 3 is 2.50 bits per heavy atom. The van der Waals surface area contributed by atoms with Gasteiger partial charge in [0.1, 0.15) is 6.54 Å². The maximum Gasteiger partial charge on any atom is 0.326 e. The van der Waals surface area contributed by atoms with E-state index in [-0.39, 0.29) is 23.6 Å². The second kappa shape index (κ2) is 6.52. The molecule has 130 valence electrons. The highest BCUT2D eigenvalue weighted by molar-refractivity contribution is 7.13. The monoisotopic (exact) mass is 369 g/mol. The third kappa shape index (κ3) is 2.88. The molecule has 0 spiro atoms. The molecule has 0 N–H and O–H groups in total. The van der Waals surface area contributed by atoms with Gasteiger partial charge in [0.2, 0.25) is 5.82 Å². The molecule has 1 aliphatic heterocycles. The van der Waals surface area contributed by atoms with Crippen LogP contribution in [0.1, 0.15) is 26.6 Å². The molecule has 0 aliphatic carbocycles. The lowest BCUT2D eigenvalue weighted by molar-refractivity contribution is -0.146. The summed E-state index contributed by atoms with van der Waals surface area (Å²) in [6.45, 7) is -0.710. The van der Waals surface area contributed by atoms with E-state index in [1.54, 1.807) is 24.3 Å². The van der Waals surface area contributed by atoms with Gasteiger partial charge in [-0.3, -0.25) is 19.3 Å². The summed E-state index contributed by atoms with van der Waals surface area (Å²) in [4.78, 5) is 42.2. The molecule has 2 aromatic heterocycles. The predicted octanol–water partition coefficient (Wildman–Crippen LogP) is 2.14. The van der Waals surface area contributed by atoms with Crippen molar-refractivity contribution in [1.82, 2.24) is 15.0 Å². The third-order valence-corrected chi connectivity index (χ3v) is 4.60. The van der Waals surface area contributed by atoms with Crippen LogP contribution in [0.5, 0.6) is 0 Å². The van der Waals surface area contributed by atoms with Crippen LogP contribution < -0.4 is 0 Å². The first-order valence-electron chi connectivity index (χ1n) is 7.61. The molecule has 1 aliphatic rings. The standard InChI is InChI=1S/C17H11N3O5S/c21-14(8-20-16(22)10-4-1-2-5-11(10)17(20)23)24-9-13-18-15(19-25-13)12-6-3-7-26-12/h1-7H,8-9H2. The molecular weight excluding hydrogens is 358 g/mol. The molecule has 3 aromatic rings. The van der Waals surface area contributed by atoms with Gasteiger partial charge in [0.15, 0.2) is 6.61 Å². The SMILES string of the molecule is O=C(CN1C(=O)c2ccccc2C1=O)OCc1nc(-c2cccs2)no1. The van der Waals surface area contributed by atoms with Gasteiger partial charge in [-0.15, -0.1) is 11.3 Å². The first kappa shape index (κ1) is 16.2. The molecule has 0 bridgehead atoms. The lowest BCUT2D eigenvalue weighted by atomic mass is 10.1. The third-order valence-electron chi connectivity index (χ3n) is 3.73. The molecule has 3 heterocycles. The molecule has 26 heavy (non-hydrogen) atoms. The number of thiophene rings is 1. The number of fused-ring (bicyclic) bond motifs is 1. The molecule has 4 rings (SSSR count). The summed E-state index contributed by atoms with van der Waals surface area (Å²) in [5.41, 5.74) is 0.561. The van der Waals surface area contributed by atoms with Crippen molar-refractivity contribution in [3.63, 3.8) is 0 Å². The fourth-order valence-corrected chi connectivity index (χ4v) is 3.17. The number of hydrogen-bond donors (Lipinski definition) is 0. The lowest BCUT2D eigenvalue weighted by Gasteiger charge is -2.12. The van der Waals surface area contributed by atoms with Crippen LogP contribution in [0.2, 0.25) is 0 Å². The van der Waals surface area contributed by atoms with Gasteiger partial charge in [-0.1, -0.05) is 23.4 Å². The first-order valence-corrected chi connectivity index (χ1v) is 8.49. The molecular formula is C17H11N3O5S. The summed E-state index contributed by atoms with van der Waals surface area (Å²) in [7, 11) is 0. The van der Waals surface area contributed by atoms with E-state index in [0.717, 1.165) is 9.78 Å². The quantitative estimate of drug-likeness (QED) is 0.501. The number of ether oxygens (including phenoxy) is 1. The summed E-state index contributed by atoms with van der Waals surface area (Å²) >= 11 is 1.46. The van der Waals surface area contributed by atoms with Gasteiger partial charge < -0.3 is 9.26 Å². The second-order valence-electron chi connectivity index (χ2n) is 5.39. The summed E-state index contributed by atoms with van der Waals surface area (Å²) in [5, 5.41) is 5.69. The van der Waals surface area contributed by atoms with Crippen LogP contribution in [0.3, 0.4) is 0 Å². The molecule has 0 unspecified atom stereocenters. The van der Waals surface area contributed by atoms with E-state index < -0.39 is 24.3 Å². The average Bonchev–Trinajstić information content (AvgIpc) is 3.38. The Kier molecular flexibility index (Phi) is 4.05. The largest absolute Gasteiger partial charge is 0.454 e. The Labute approximate surface area is 151 Å². The maximum absolute atomic E-state index is 12.2. The number of rotatable bonds is 5. The number of imide groups is 1. The summed E-state index contributed by atoms with van der Waals surface area (Å²) in [6, 6.07) is 10.1. The van der Waals surface area contributed by atoms with Crippen LogP contribution in [0.25, 0.3) is 10.7 Å². The number of amides is 2. The molecule has 2 amide bonds. The van der Waals surface area contributed by atoms with Gasteiger partial charge in [-0.2, -0.15) is 4.98 Å². The normalized spacial score (nSPS) is 13.2.